The van der Waals surface area contributed by atoms with E-state index in [4.69, 9.17) is 9.47 Å². The van der Waals surface area contributed by atoms with Crippen molar-refractivity contribution >= 4 is 11.6 Å². The van der Waals surface area contributed by atoms with Crippen molar-refractivity contribution in [2.24, 2.45) is 0 Å². The van der Waals surface area contributed by atoms with Crippen molar-refractivity contribution in [1.29, 1.82) is 0 Å². The average Bonchev–Trinajstić information content (AvgIpc) is 2.56. The number of nitrogens with one attached hydrogen (secondary N) is 2. The van der Waals surface area contributed by atoms with Crippen molar-refractivity contribution in [1.82, 2.24) is 5.32 Å². The summed E-state index contributed by atoms with van der Waals surface area (Å²) in [6, 6.07) is 11.5. The Bertz CT molecular complexity index is 677. The summed E-state index contributed by atoms with van der Waals surface area (Å²) in [5, 5.41) is 5.64. The van der Waals surface area contributed by atoms with E-state index >= 15 is 0 Å². The minimum absolute atomic E-state index is 0.0721. The van der Waals surface area contributed by atoms with Crippen LogP contribution in [0.2, 0.25) is 0 Å². The van der Waals surface area contributed by atoms with Gasteiger partial charge in [0.15, 0.2) is 11.5 Å². The molecule has 5 nitrogen and oxygen atoms in total. The molecule has 2 rings (SSSR count). The summed E-state index contributed by atoms with van der Waals surface area (Å²) in [5.74, 6) is 0.599. The Morgan fingerprint density at radius 2 is 1.83 bits per heavy atom. The molecule has 0 aliphatic heterocycles. The van der Waals surface area contributed by atoms with E-state index in [1.165, 1.54) is 13.2 Å². The van der Waals surface area contributed by atoms with Crippen molar-refractivity contribution < 1.29 is 18.7 Å². The first kappa shape index (κ1) is 16.8. The standard InChI is InChI=1S/C17H19FN2O3/c1-22-15-8-7-13(9-16(15)23-2)20-17(21)11-19-10-12-5-3-4-6-14(12)18/h3-9,19H,10-11H2,1-2H3,(H,20,21). The lowest BCUT2D eigenvalue weighted by molar-refractivity contribution is -0.115. The second-order valence-corrected chi connectivity index (χ2v) is 4.81. The van der Waals surface area contributed by atoms with Gasteiger partial charge in [0.1, 0.15) is 5.82 Å². The van der Waals surface area contributed by atoms with Gasteiger partial charge in [0.25, 0.3) is 0 Å². The number of carbonyl (C=O) groups excluding carboxylic acids is 1. The van der Waals surface area contributed by atoms with Gasteiger partial charge in [-0.15, -0.1) is 0 Å². The highest BCUT2D eigenvalue weighted by Gasteiger charge is 2.08. The minimum atomic E-state index is -0.291. The molecule has 0 atom stereocenters. The van der Waals surface area contributed by atoms with Crippen LogP contribution in [0, 0.1) is 5.82 Å². The van der Waals surface area contributed by atoms with E-state index in [0.717, 1.165) is 0 Å². The third-order valence-electron chi connectivity index (χ3n) is 3.23. The molecule has 1 amide bonds. The first-order valence-corrected chi connectivity index (χ1v) is 7.10. The highest BCUT2D eigenvalue weighted by molar-refractivity contribution is 5.92. The Labute approximate surface area is 134 Å². The molecule has 0 fully saturated rings. The highest BCUT2D eigenvalue weighted by Crippen LogP contribution is 2.29. The van der Waals surface area contributed by atoms with Gasteiger partial charge in [0.2, 0.25) is 5.91 Å². The normalized spacial score (nSPS) is 10.2. The molecule has 6 heteroatoms. The van der Waals surface area contributed by atoms with E-state index in [9.17, 15) is 9.18 Å². The molecule has 0 unspecified atom stereocenters. The number of anilines is 1. The molecule has 23 heavy (non-hydrogen) atoms. The Kier molecular flexibility index (Phi) is 5.94. The summed E-state index contributed by atoms with van der Waals surface area (Å²) in [6.07, 6.45) is 0. The number of halogens is 1. The maximum absolute atomic E-state index is 13.4. The number of amides is 1. The Hall–Kier alpha value is -2.60. The zero-order valence-corrected chi connectivity index (χ0v) is 13.1. The summed E-state index contributed by atoms with van der Waals surface area (Å²) in [7, 11) is 3.07. The van der Waals surface area contributed by atoms with Crippen LogP contribution in [0.4, 0.5) is 10.1 Å². The number of methoxy groups -OCH3 is 2. The fourth-order valence-corrected chi connectivity index (χ4v) is 2.07. The van der Waals surface area contributed by atoms with Gasteiger partial charge in [-0.2, -0.15) is 0 Å². The minimum Gasteiger partial charge on any atom is -0.493 e. The molecule has 0 spiro atoms. The van der Waals surface area contributed by atoms with Crippen LogP contribution in [0.3, 0.4) is 0 Å². The fraction of sp³-hybridized carbons (Fsp3) is 0.235. The third kappa shape index (κ3) is 4.69. The van der Waals surface area contributed by atoms with Gasteiger partial charge >= 0.3 is 0 Å². The Morgan fingerprint density at radius 1 is 1.09 bits per heavy atom. The molecule has 0 bridgehead atoms. The van der Waals surface area contributed by atoms with E-state index in [1.54, 1.807) is 43.5 Å². The Balaban J connectivity index is 1.86. The van der Waals surface area contributed by atoms with Crippen molar-refractivity contribution in [3.8, 4) is 11.5 Å². The number of hydrogen-bond donors (Lipinski definition) is 2. The number of rotatable bonds is 7. The molecule has 0 aliphatic rings. The van der Waals surface area contributed by atoms with Crippen LogP contribution >= 0.6 is 0 Å². The predicted octanol–water partition coefficient (Wildman–Crippen LogP) is 2.57. The smallest absolute Gasteiger partial charge is 0.238 e. The lowest BCUT2D eigenvalue weighted by Gasteiger charge is -2.11. The van der Waals surface area contributed by atoms with Gasteiger partial charge < -0.3 is 20.1 Å². The second kappa shape index (κ2) is 8.14. The summed E-state index contributed by atoms with van der Waals surface area (Å²) in [4.78, 5) is 11.9. The first-order chi connectivity index (χ1) is 11.1. The van der Waals surface area contributed by atoms with E-state index < -0.39 is 0 Å². The lowest BCUT2D eigenvalue weighted by Crippen LogP contribution is -2.28. The van der Waals surface area contributed by atoms with Crippen LogP contribution in [0.5, 0.6) is 11.5 Å². The number of benzene rings is 2. The molecule has 122 valence electrons. The maximum Gasteiger partial charge on any atom is 0.238 e. The summed E-state index contributed by atoms with van der Waals surface area (Å²) < 4.78 is 23.8. The van der Waals surface area contributed by atoms with Crippen molar-refractivity contribution in [2.45, 2.75) is 6.54 Å². The first-order valence-electron chi connectivity index (χ1n) is 7.10. The molecule has 0 heterocycles. The predicted molar refractivity (Wildman–Crippen MR) is 86.3 cm³/mol. The average molecular weight is 318 g/mol. The van der Waals surface area contributed by atoms with Gasteiger partial charge in [-0.05, 0) is 18.2 Å². The molecule has 0 aliphatic carbocycles. The second-order valence-electron chi connectivity index (χ2n) is 4.81. The molecule has 0 radical (unpaired) electrons. The molecule has 0 saturated carbocycles. The summed E-state index contributed by atoms with van der Waals surface area (Å²) in [6.45, 7) is 0.356. The number of ether oxygens (including phenoxy) is 2. The quantitative estimate of drug-likeness (QED) is 0.824. The van der Waals surface area contributed by atoms with Gasteiger partial charge in [-0.25, -0.2) is 4.39 Å². The van der Waals surface area contributed by atoms with Crippen LogP contribution < -0.4 is 20.1 Å². The van der Waals surface area contributed by atoms with Gasteiger partial charge in [-0.3, -0.25) is 4.79 Å². The SMILES string of the molecule is COc1ccc(NC(=O)CNCc2ccccc2F)cc1OC. The highest BCUT2D eigenvalue weighted by atomic mass is 19.1. The molecule has 2 aromatic carbocycles. The van der Waals surface area contributed by atoms with E-state index in [2.05, 4.69) is 10.6 Å². The third-order valence-corrected chi connectivity index (χ3v) is 3.23. The number of carbonyl (C=O) groups is 1. The summed E-state index contributed by atoms with van der Waals surface area (Å²) >= 11 is 0. The van der Waals surface area contributed by atoms with E-state index in [0.29, 0.717) is 22.7 Å². The molecule has 2 aromatic rings. The monoisotopic (exact) mass is 318 g/mol. The maximum atomic E-state index is 13.4. The molecule has 2 N–H and O–H groups in total. The summed E-state index contributed by atoms with van der Waals surface area (Å²) in [5.41, 5.74) is 1.12. The zero-order valence-electron chi connectivity index (χ0n) is 13.1. The van der Waals surface area contributed by atoms with Crippen molar-refractivity contribution in [3.05, 3.63) is 53.8 Å². The lowest BCUT2D eigenvalue weighted by atomic mass is 10.2. The van der Waals surface area contributed by atoms with Crippen LogP contribution in [-0.4, -0.2) is 26.7 Å². The molecule has 0 aromatic heterocycles. The van der Waals surface area contributed by atoms with Crippen molar-refractivity contribution in [2.75, 3.05) is 26.1 Å². The fourth-order valence-electron chi connectivity index (χ4n) is 2.07. The van der Waals surface area contributed by atoms with Crippen LogP contribution in [0.15, 0.2) is 42.5 Å². The topological polar surface area (TPSA) is 59.6 Å². The van der Waals surface area contributed by atoms with Crippen molar-refractivity contribution in [3.63, 3.8) is 0 Å². The van der Waals surface area contributed by atoms with Crippen LogP contribution in [-0.2, 0) is 11.3 Å². The van der Waals surface area contributed by atoms with Crippen LogP contribution in [0.25, 0.3) is 0 Å². The van der Waals surface area contributed by atoms with Gasteiger partial charge in [0, 0.05) is 23.9 Å². The molecule has 0 saturated heterocycles. The van der Waals surface area contributed by atoms with Gasteiger partial charge in [0.05, 0.1) is 20.8 Å². The van der Waals surface area contributed by atoms with Crippen LogP contribution in [0.1, 0.15) is 5.56 Å². The number of hydrogen-bond acceptors (Lipinski definition) is 4. The zero-order chi connectivity index (χ0) is 16.7. The largest absolute Gasteiger partial charge is 0.493 e. The van der Waals surface area contributed by atoms with E-state index in [-0.39, 0.29) is 24.8 Å². The van der Waals surface area contributed by atoms with E-state index in [1.807, 2.05) is 0 Å². The Morgan fingerprint density at radius 3 is 2.52 bits per heavy atom. The van der Waals surface area contributed by atoms with Gasteiger partial charge in [-0.1, -0.05) is 18.2 Å². The molecular formula is C17H19FN2O3. The molecular weight excluding hydrogens is 299 g/mol.